The molecular weight excluding hydrogens is 236 g/mol. The molecule has 0 aromatic heterocycles. The van der Waals surface area contributed by atoms with Crippen molar-refractivity contribution in [3.63, 3.8) is 0 Å². The third-order valence-electron chi connectivity index (χ3n) is 3.22. The molecule has 6 heteroatoms. The highest BCUT2D eigenvalue weighted by Crippen LogP contribution is 2.28. The van der Waals surface area contributed by atoms with Crippen molar-refractivity contribution in [2.45, 2.75) is 44.6 Å². The van der Waals surface area contributed by atoms with Gasteiger partial charge in [-0.3, -0.25) is 4.79 Å². The van der Waals surface area contributed by atoms with Crippen LogP contribution in [-0.2, 0) is 4.79 Å². The van der Waals surface area contributed by atoms with Crippen LogP contribution in [0.15, 0.2) is 0 Å². The number of amides is 2. The van der Waals surface area contributed by atoms with Gasteiger partial charge in [0.05, 0.1) is 12.0 Å². The molecule has 2 amide bonds. The first kappa shape index (κ1) is 14.8. The number of carbonyl (C=O) groups excluding carboxylic acids is 1. The second kappa shape index (κ2) is 6.58. The molecule has 0 radical (unpaired) electrons. The minimum absolute atomic E-state index is 0.0748. The second-order valence-electron chi connectivity index (χ2n) is 5.26. The summed E-state index contributed by atoms with van der Waals surface area (Å²) in [4.78, 5) is 21.8. The molecule has 1 unspecified atom stereocenters. The third kappa shape index (κ3) is 5.86. The SMILES string of the molecule is CC(O)(CNC(=O)NCCC1CCC1)CC(=O)O. The van der Waals surface area contributed by atoms with Crippen molar-refractivity contribution < 1.29 is 19.8 Å². The summed E-state index contributed by atoms with van der Waals surface area (Å²) in [5, 5.41) is 23.4. The number of aliphatic carboxylic acids is 1. The van der Waals surface area contributed by atoms with Crippen LogP contribution >= 0.6 is 0 Å². The Kier molecular flexibility index (Phi) is 5.40. The maximum Gasteiger partial charge on any atom is 0.314 e. The summed E-state index contributed by atoms with van der Waals surface area (Å²) >= 11 is 0. The lowest BCUT2D eigenvalue weighted by Crippen LogP contribution is -2.46. The summed E-state index contributed by atoms with van der Waals surface area (Å²) in [6.07, 6.45) is 4.37. The van der Waals surface area contributed by atoms with E-state index in [1.165, 1.54) is 26.2 Å². The molecule has 18 heavy (non-hydrogen) atoms. The number of hydrogen-bond acceptors (Lipinski definition) is 3. The topological polar surface area (TPSA) is 98.7 Å². The fourth-order valence-electron chi connectivity index (χ4n) is 1.89. The molecule has 1 fully saturated rings. The zero-order valence-electron chi connectivity index (χ0n) is 10.7. The summed E-state index contributed by atoms with van der Waals surface area (Å²) in [5.74, 6) is -0.354. The molecule has 0 heterocycles. The van der Waals surface area contributed by atoms with Crippen molar-refractivity contribution in [3.8, 4) is 0 Å². The Labute approximate surface area is 107 Å². The smallest absolute Gasteiger partial charge is 0.314 e. The summed E-state index contributed by atoms with van der Waals surface area (Å²) < 4.78 is 0. The van der Waals surface area contributed by atoms with E-state index in [2.05, 4.69) is 10.6 Å². The number of aliphatic hydroxyl groups is 1. The van der Waals surface area contributed by atoms with E-state index in [0.29, 0.717) is 6.54 Å². The Morgan fingerprint density at radius 2 is 2.00 bits per heavy atom. The van der Waals surface area contributed by atoms with E-state index in [4.69, 9.17) is 5.11 Å². The Morgan fingerprint density at radius 1 is 1.33 bits per heavy atom. The molecule has 1 aliphatic rings. The van der Waals surface area contributed by atoms with Crippen LogP contribution in [0.2, 0.25) is 0 Å². The fourth-order valence-corrected chi connectivity index (χ4v) is 1.89. The van der Waals surface area contributed by atoms with E-state index < -0.39 is 18.0 Å². The molecule has 0 aromatic carbocycles. The highest BCUT2D eigenvalue weighted by Gasteiger charge is 2.24. The molecule has 1 rings (SSSR count). The highest BCUT2D eigenvalue weighted by molar-refractivity contribution is 5.74. The molecular formula is C12H22N2O4. The van der Waals surface area contributed by atoms with Crippen LogP contribution in [0.4, 0.5) is 4.79 Å². The van der Waals surface area contributed by atoms with Crippen molar-refractivity contribution in [2.24, 2.45) is 5.92 Å². The molecule has 1 atom stereocenters. The number of carboxylic acid groups (broad SMARTS) is 1. The van der Waals surface area contributed by atoms with Crippen LogP contribution in [-0.4, -0.2) is 40.9 Å². The molecule has 104 valence electrons. The monoisotopic (exact) mass is 258 g/mol. The average molecular weight is 258 g/mol. The Bertz CT molecular complexity index is 300. The van der Waals surface area contributed by atoms with E-state index >= 15 is 0 Å². The minimum Gasteiger partial charge on any atom is -0.481 e. The van der Waals surface area contributed by atoms with Crippen LogP contribution in [0, 0.1) is 5.92 Å². The van der Waals surface area contributed by atoms with Gasteiger partial charge < -0.3 is 20.8 Å². The lowest BCUT2D eigenvalue weighted by atomic mass is 9.83. The zero-order valence-corrected chi connectivity index (χ0v) is 10.7. The predicted molar refractivity (Wildman–Crippen MR) is 66.2 cm³/mol. The average Bonchev–Trinajstić information content (AvgIpc) is 2.17. The number of carboxylic acids is 1. The van der Waals surface area contributed by atoms with Gasteiger partial charge in [0.15, 0.2) is 0 Å². The first-order valence-corrected chi connectivity index (χ1v) is 6.35. The summed E-state index contributed by atoms with van der Waals surface area (Å²) in [7, 11) is 0. The Balaban J connectivity index is 2.09. The van der Waals surface area contributed by atoms with E-state index in [0.717, 1.165) is 12.3 Å². The number of rotatable bonds is 7. The van der Waals surface area contributed by atoms with Crippen molar-refractivity contribution in [3.05, 3.63) is 0 Å². The van der Waals surface area contributed by atoms with Crippen LogP contribution < -0.4 is 10.6 Å². The van der Waals surface area contributed by atoms with Crippen LogP contribution in [0.1, 0.15) is 39.0 Å². The van der Waals surface area contributed by atoms with Crippen LogP contribution in [0.5, 0.6) is 0 Å². The van der Waals surface area contributed by atoms with E-state index in [9.17, 15) is 14.7 Å². The quantitative estimate of drug-likeness (QED) is 0.540. The Morgan fingerprint density at radius 3 is 2.50 bits per heavy atom. The highest BCUT2D eigenvalue weighted by atomic mass is 16.4. The molecule has 0 aliphatic heterocycles. The van der Waals surface area contributed by atoms with Gasteiger partial charge in [0.2, 0.25) is 0 Å². The third-order valence-corrected chi connectivity index (χ3v) is 3.22. The maximum absolute atomic E-state index is 11.4. The standard InChI is InChI=1S/C12H22N2O4/c1-12(18,7-10(15)16)8-14-11(17)13-6-5-9-3-2-4-9/h9,18H,2-8H2,1H3,(H,15,16)(H2,13,14,17). The molecule has 6 nitrogen and oxygen atoms in total. The van der Waals surface area contributed by atoms with Gasteiger partial charge in [0.25, 0.3) is 0 Å². The van der Waals surface area contributed by atoms with Gasteiger partial charge in [-0.15, -0.1) is 0 Å². The molecule has 4 N–H and O–H groups in total. The Hall–Kier alpha value is -1.30. The second-order valence-corrected chi connectivity index (χ2v) is 5.26. The number of carbonyl (C=O) groups is 2. The van der Waals surface area contributed by atoms with Gasteiger partial charge in [-0.05, 0) is 19.3 Å². The van der Waals surface area contributed by atoms with Crippen molar-refractivity contribution in [2.75, 3.05) is 13.1 Å². The lowest BCUT2D eigenvalue weighted by Gasteiger charge is -2.25. The molecule has 1 saturated carbocycles. The van der Waals surface area contributed by atoms with E-state index in [-0.39, 0.29) is 12.6 Å². The first-order chi connectivity index (χ1) is 8.39. The molecule has 1 aliphatic carbocycles. The number of nitrogens with one attached hydrogen (secondary N) is 2. The summed E-state index contributed by atoms with van der Waals surface area (Å²) in [6, 6.07) is -0.361. The number of urea groups is 1. The molecule has 0 saturated heterocycles. The van der Waals surface area contributed by atoms with Crippen LogP contribution in [0.25, 0.3) is 0 Å². The molecule has 0 aromatic rings. The van der Waals surface area contributed by atoms with Gasteiger partial charge >= 0.3 is 12.0 Å². The lowest BCUT2D eigenvalue weighted by molar-refractivity contribution is -0.141. The van der Waals surface area contributed by atoms with Crippen molar-refractivity contribution in [1.82, 2.24) is 10.6 Å². The molecule has 0 spiro atoms. The van der Waals surface area contributed by atoms with Crippen molar-refractivity contribution >= 4 is 12.0 Å². The van der Waals surface area contributed by atoms with Gasteiger partial charge in [-0.1, -0.05) is 19.3 Å². The predicted octanol–water partition coefficient (Wildman–Crippen LogP) is 0.701. The van der Waals surface area contributed by atoms with Gasteiger partial charge in [-0.25, -0.2) is 4.79 Å². The normalized spacial score (nSPS) is 18.6. The molecule has 0 bridgehead atoms. The zero-order chi connectivity index (χ0) is 13.6. The number of hydrogen-bond donors (Lipinski definition) is 4. The first-order valence-electron chi connectivity index (χ1n) is 6.35. The van der Waals surface area contributed by atoms with Crippen molar-refractivity contribution in [1.29, 1.82) is 0 Å². The van der Waals surface area contributed by atoms with E-state index in [1.54, 1.807) is 0 Å². The fraction of sp³-hybridized carbons (Fsp3) is 0.833. The van der Waals surface area contributed by atoms with Crippen LogP contribution in [0.3, 0.4) is 0 Å². The maximum atomic E-state index is 11.4. The largest absolute Gasteiger partial charge is 0.481 e. The van der Waals surface area contributed by atoms with Gasteiger partial charge in [-0.2, -0.15) is 0 Å². The summed E-state index contributed by atoms with van der Waals surface area (Å²) in [5.41, 5.74) is -1.42. The minimum atomic E-state index is -1.42. The van der Waals surface area contributed by atoms with E-state index in [1.807, 2.05) is 0 Å². The summed E-state index contributed by atoms with van der Waals surface area (Å²) in [6.45, 7) is 1.93. The van der Waals surface area contributed by atoms with Gasteiger partial charge in [0.1, 0.15) is 0 Å². The van der Waals surface area contributed by atoms with Gasteiger partial charge in [0, 0.05) is 13.1 Å².